The number of nitrogens with zero attached hydrogens (tertiary/aromatic N) is 2. The van der Waals surface area contributed by atoms with Gasteiger partial charge in [-0.2, -0.15) is 0 Å². The lowest BCUT2D eigenvalue weighted by atomic mass is 9.97. The third-order valence-corrected chi connectivity index (χ3v) is 3.03. The van der Waals surface area contributed by atoms with Gasteiger partial charge in [-0.25, -0.2) is 0 Å². The Balaban J connectivity index is 1.83. The number of nitrogens with one attached hydrogen (secondary N) is 1. The van der Waals surface area contributed by atoms with E-state index in [2.05, 4.69) is 22.3 Å². The van der Waals surface area contributed by atoms with Crippen molar-refractivity contribution in [1.82, 2.24) is 10.1 Å². The normalized spacial score (nSPS) is 25.1. The van der Waals surface area contributed by atoms with E-state index < -0.39 is 0 Å². The Morgan fingerprint density at radius 3 is 3.06 bits per heavy atom. The summed E-state index contributed by atoms with van der Waals surface area (Å²) >= 11 is 0. The van der Waals surface area contributed by atoms with Gasteiger partial charge in [-0.3, -0.25) is 15.0 Å². The molecule has 0 aliphatic carbocycles. The minimum atomic E-state index is -0.0903. The van der Waals surface area contributed by atoms with Crippen LogP contribution in [0.15, 0.2) is 10.6 Å². The molecule has 0 spiro atoms. The van der Waals surface area contributed by atoms with Crippen LogP contribution in [-0.2, 0) is 4.79 Å². The van der Waals surface area contributed by atoms with Crippen molar-refractivity contribution in [2.75, 3.05) is 25.0 Å². The summed E-state index contributed by atoms with van der Waals surface area (Å²) in [7, 11) is 0. The van der Waals surface area contributed by atoms with Crippen LogP contribution in [0.4, 0.5) is 5.88 Å². The first-order valence-electron chi connectivity index (χ1n) is 6.24. The van der Waals surface area contributed by atoms with E-state index >= 15 is 0 Å². The summed E-state index contributed by atoms with van der Waals surface area (Å²) in [6, 6.07) is 1.86. The predicted molar refractivity (Wildman–Crippen MR) is 68.1 cm³/mol. The zero-order chi connectivity index (χ0) is 13.1. The SMILES string of the molecule is Cc1cc(NC(=O)CN2CC(C)CC(N)C2)on1. The Kier molecular flexibility index (Phi) is 3.98. The molecule has 1 aliphatic heterocycles. The molecule has 6 nitrogen and oxygen atoms in total. The van der Waals surface area contributed by atoms with Crippen LogP contribution in [0, 0.1) is 12.8 Å². The van der Waals surface area contributed by atoms with E-state index in [4.69, 9.17) is 10.3 Å². The summed E-state index contributed by atoms with van der Waals surface area (Å²) in [5, 5.41) is 6.41. The molecule has 1 aromatic rings. The maximum Gasteiger partial charge on any atom is 0.240 e. The van der Waals surface area contributed by atoms with Gasteiger partial charge in [0, 0.05) is 25.2 Å². The Labute approximate surface area is 106 Å². The Hall–Kier alpha value is -1.40. The fourth-order valence-corrected chi connectivity index (χ4v) is 2.44. The number of carbonyl (C=O) groups is 1. The zero-order valence-corrected chi connectivity index (χ0v) is 10.8. The van der Waals surface area contributed by atoms with Gasteiger partial charge in [-0.15, -0.1) is 0 Å². The van der Waals surface area contributed by atoms with E-state index in [1.54, 1.807) is 6.07 Å². The van der Waals surface area contributed by atoms with Crippen molar-refractivity contribution in [1.29, 1.82) is 0 Å². The summed E-state index contributed by atoms with van der Waals surface area (Å²) in [6.07, 6.45) is 1.03. The first kappa shape index (κ1) is 13.0. The molecule has 2 rings (SSSR count). The van der Waals surface area contributed by atoms with E-state index in [1.165, 1.54) is 0 Å². The summed E-state index contributed by atoms with van der Waals surface area (Å²) in [5.74, 6) is 0.841. The van der Waals surface area contributed by atoms with Crippen molar-refractivity contribution in [2.24, 2.45) is 11.7 Å². The smallest absolute Gasteiger partial charge is 0.240 e. The number of rotatable bonds is 3. The van der Waals surface area contributed by atoms with E-state index in [9.17, 15) is 4.79 Å². The second-order valence-electron chi connectivity index (χ2n) is 5.18. The molecule has 3 N–H and O–H groups in total. The van der Waals surface area contributed by atoms with Crippen LogP contribution in [-0.4, -0.2) is 41.6 Å². The highest BCUT2D eigenvalue weighted by Gasteiger charge is 2.23. The largest absolute Gasteiger partial charge is 0.338 e. The lowest BCUT2D eigenvalue weighted by Gasteiger charge is -2.34. The van der Waals surface area contributed by atoms with E-state index in [0.29, 0.717) is 18.3 Å². The molecule has 2 unspecified atom stereocenters. The molecule has 0 aromatic carbocycles. The number of piperidine rings is 1. The summed E-state index contributed by atoms with van der Waals surface area (Å²) < 4.78 is 4.94. The number of nitrogens with two attached hydrogens (primary N) is 1. The van der Waals surface area contributed by atoms with Gasteiger partial charge in [0.05, 0.1) is 12.2 Å². The first-order chi connectivity index (χ1) is 8.52. The minimum Gasteiger partial charge on any atom is -0.338 e. The van der Waals surface area contributed by atoms with Crippen LogP contribution in [0.5, 0.6) is 0 Å². The molecule has 1 amide bonds. The second kappa shape index (κ2) is 5.49. The van der Waals surface area contributed by atoms with Crippen molar-refractivity contribution in [3.05, 3.63) is 11.8 Å². The molecular formula is C12H20N4O2. The molecule has 1 saturated heterocycles. The predicted octanol–water partition coefficient (Wildman–Crippen LogP) is 0.591. The standard InChI is InChI=1S/C12H20N4O2/c1-8-3-10(13)6-16(5-8)7-11(17)14-12-4-9(2)15-18-12/h4,8,10H,3,5-7,13H2,1-2H3,(H,14,17). The van der Waals surface area contributed by atoms with Crippen LogP contribution < -0.4 is 11.1 Å². The average molecular weight is 252 g/mol. The molecule has 18 heavy (non-hydrogen) atoms. The number of hydrogen-bond acceptors (Lipinski definition) is 5. The maximum atomic E-state index is 11.8. The molecule has 0 bridgehead atoms. The minimum absolute atomic E-state index is 0.0903. The third kappa shape index (κ3) is 3.54. The lowest BCUT2D eigenvalue weighted by molar-refractivity contribution is -0.117. The second-order valence-corrected chi connectivity index (χ2v) is 5.18. The number of anilines is 1. The molecular weight excluding hydrogens is 232 g/mol. The molecule has 0 radical (unpaired) electrons. The third-order valence-electron chi connectivity index (χ3n) is 3.03. The van der Waals surface area contributed by atoms with Gasteiger partial charge in [0.1, 0.15) is 0 Å². The zero-order valence-electron chi connectivity index (χ0n) is 10.8. The van der Waals surface area contributed by atoms with Gasteiger partial charge in [0.2, 0.25) is 11.8 Å². The molecule has 0 saturated carbocycles. The maximum absolute atomic E-state index is 11.8. The van der Waals surface area contributed by atoms with Gasteiger partial charge in [-0.05, 0) is 19.3 Å². The first-order valence-corrected chi connectivity index (χ1v) is 6.24. The average Bonchev–Trinajstić information content (AvgIpc) is 2.61. The van der Waals surface area contributed by atoms with Gasteiger partial charge < -0.3 is 10.3 Å². The van der Waals surface area contributed by atoms with Gasteiger partial charge in [0.15, 0.2) is 0 Å². The van der Waals surface area contributed by atoms with E-state index in [0.717, 1.165) is 25.2 Å². The lowest BCUT2D eigenvalue weighted by Crippen LogP contribution is -2.48. The van der Waals surface area contributed by atoms with Crippen LogP contribution in [0.2, 0.25) is 0 Å². The van der Waals surface area contributed by atoms with Crippen molar-refractivity contribution < 1.29 is 9.32 Å². The molecule has 6 heteroatoms. The Morgan fingerprint density at radius 2 is 2.44 bits per heavy atom. The Bertz CT molecular complexity index is 408. The summed E-state index contributed by atoms with van der Waals surface area (Å²) in [6.45, 7) is 6.00. The molecule has 1 aromatic heterocycles. The van der Waals surface area contributed by atoms with Crippen molar-refractivity contribution in [2.45, 2.75) is 26.3 Å². The van der Waals surface area contributed by atoms with E-state index in [-0.39, 0.29) is 11.9 Å². The van der Waals surface area contributed by atoms with E-state index in [1.807, 2.05) is 6.92 Å². The highest BCUT2D eigenvalue weighted by atomic mass is 16.5. The number of aromatic nitrogens is 1. The highest BCUT2D eigenvalue weighted by Crippen LogP contribution is 2.15. The topological polar surface area (TPSA) is 84.4 Å². The number of amides is 1. The monoisotopic (exact) mass is 252 g/mol. The van der Waals surface area contributed by atoms with Crippen molar-refractivity contribution in [3.63, 3.8) is 0 Å². The molecule has 100 valence electrons. The molecule has 1 aliphatic rings. The molecule has 2 heterocycles. The van der Waals surface area contributed by atoms with Crippen LogP contribution in [0.3, 0.4) is 0 Å². The fraction of sp³-hybridized carbons (Fsp3) is 0.667. The fourth-order valence-electron chi connectivity index (χ4n) is 2.44. The highest BCUT2D eigenvalue weighted by molar-refractivity contribution is 5.90. The number of carbonyl (C=O) groups excluding carboxylic acids is 1. The summed E-state index contributed by atoms with van der Waals surface area (Å²) in [4.78, 5) is 13.9. The quantitative estimate of drug-likeness (QED) is 0.822. The number of aryl methyl sites for hydroxylation is 1. The Morgan fingerprint density at radius 1 is 1.67 bits per heavy atom. The molecule has 1 fully saturated rings. The van der Waals surface area contributed by atoms with Crippen LogP contribution in [0.25, 0.3) is 0 Å². The number of likely N-dealkylation sites (tertiary alicyclic amines) is 1. The summed E-state index contributed by atoms with van der Waals surface area (Å²) in [5.41, 5.74) is 6.69. The van der Waals surface area contributed by atoms with Crippen molar-refractivity contribution >= 4 is 11.8 Å². The van der Waals surface area contributed by atoms with Gasteiger partial charge in [-0.1, -0.05) is 12.1 Å². The van der Waals surface area contributed by atoms with Crippen LogP contribution in [0.1, 0.15) is 19.0 Å². The van der Waals surface area contributed by atoms with Crippen molar-refractivity contribution in [3.8, 4) is 0 Å². The number of hydrogen-bond donors (Lipinski definition) is 2. The van der Waals surface area contributed by atoms with Gasteiger partial charge in [0.25, 0.3) is 0 Å². The van der Waals surface area contributed by atoms with Gasteiger partial charge >= 0.3 is 0 Å². The molecule has 2 atom stereocenters. The van der Waals surface area contributed by atoms with Crippen LogP contribution >= 0.6 is 0 Å².